The minimum Gasteiger partial charge on any atom is -0.370 e. The third-order valence-electron chi connectivity index (χ3n) is 7.50. The number of amides is 8. The van der Waals surface area contributed by atoms with E-state index in [0.717, 1.165) is 0 Å². The van der Waals surface area contributed by atoms with Gasteiger partial charge in [-0.05, 0) is 0 Å². The maximum absolute atomic E-state index is 12.8. The van der Waals surface area contributed by atoms with Crippen LogP contribution in [-0.4, -0.2) is 143 Å². The van der Waals surface area contributed by atoms with Crippen LogP contribution >= 0.6 is 0 Å². The topological polar surface area (TPSA) is 358 Å². The molecule has 16 N–H and O–H groups in total. The summed E-state index contributed by atoms with van der Waals surface area (Å²) in [5, 5.41) is 0. The van der Waals surface area contributed by atoms with E-state index in [1.807, 2.05) is 0 Å². The van der Waals surface area contributed by atoms with Crippen molar-refractivity contribution in [1.29, 1.82) is 0 Å². The van der Waals surface area contributed by atoms with Crippen LogP contribution in [0.15, 0.2) is 0 Å². The molecule has 0 unspecified atom stereocenters. The first-order valence-electron chi connectivity index (χ1n) is 13.5. The molecule has 0 aromatic heterocycles. The van der Waals surface area contributed by atoms with Crippen LogP contribution in [0.3, 0.4) is 0 Å². The standard InChI is InChI=1S/C24H44N12O8/c25-15(37)7-23(8-16(26)38)24(9-17(27)39,10-18(28)40)36(14-22(32)44)6-4-34(12-20(30)42)2-1-33(11-19(29)41)3-5-35(23)13-21(31)43/h1-14H2,(H2,25,37)(H2,26,38)(H2,27,39)(H2,28,40)(H2,29,41)(H2,30,42)(H2,31,43)(H2,32,44). The third-order valence-corrected chi connectivity index (χ3v) is 7.50. The van der Waals surface area contributed by atoms with E-state index in [1.54, 1.807) is 9.80 Å². The quantitative estimate of drug-likeness (QED) is 0.0790. The van der Waals surface area contributed by atoms with Gasteiger partial charge in [-0.15, -0.1) is 0 Å². The van der Waals surface area contributed by atoms with Crippen molar-refractivity contribution < 1.29 is 38.4 Å². The molecule has 1 heterocycles. The molecular formula is C24H44N12O8. The maximum Gasteiger partial charge on any atom is 0.231 e. The van der Waals surface area contributed by atoms with Crippen molar-refractivity contribution in [3.8, 4) is 0 Å². The maximum atomic E-state index is 12.8. The van der Waals surface area contributed by atoms with Gasteiger partial charge in [-0.2, -0.15) is 0 Å². The zero-order valence-electron chi connectivity index (χ0n) is 24.6. The average molecular weight is 629 g/mol. The summed E-state index contributed by atoms with van der Waals surface area (Å²) < 4.78 is 0. The zero-order chi connectivity index (χ0) is 33.8. The first-order chi connectivity index (χ1) is 20.3. The van der Waals surface area contributed by atoms with Gasteiger partial charge in [0.1, 0.15) is 0 Å². The number of primary amides is 8. The first-order valence-corrected chi connectivity index (χ1v) is 13.5. The van der Waals surface area contributed by atoms with Gasteiger partial charge in [0.2, 0.25) is 47.3 Å². The summed E-state index contributed by atoms with van der Waals surface area (Å²) in [4.78, 5) is 105. The number of carbonyl (C=O) groups is 8. The van der Waals surface area contributed by atoms with Gasteiger partial charge in [-0.25, -0.2) is 0 Å². The second-order valence-electron chi connectivity index (χ2n) is 10.9. The summed E-state index contributed by atoms with van der Waals surface area (Å²) in [6.45, 7) is -2.29. The number of hydrogen-bond acceptors (Lipinski definition) is 12. The summed E-state index contributed by atoms with van der Waals surface area (Å²) in [7, 11) is 0. The highest BCUT2D eigenvalue weighted by atomic mass is 16.2. The number of carbonyl (C=O) groups excluding carboxylic acids is 8. The van der Waals surface area contributed by atoms with Crippen molar-refractivity contribution in [3.05, 3.63) is 0 Å². The average Bonchev–Trinajstić information content (AvgIpc) is 2.83. The molecule has 0 radical (unpaired) electrons. The van der Waals surface area contributed by atoms with Crippen LogP contribution in [0, 0.1) is 0 Å². The highest BCUT2D eigenvalue weighted by Crippen LogP contribution is 2.45. The lowest BCUT2D eigenvalue weighted by Gasteiger charge is -2.59. The molecular weight excluding hydrogens is 584 g/mol. The second kappa shape index (κ2) is 16.4. The van der Waals surface area contributed by atoms with Gasteiger partial charge in [0, 0.05) is 65.0 Å². The van der Waals surface area contributed by atoms with Gasteiger partial charge in [-0.3, -0.25) is 58.0 Å². The van der Waals surface area contributed by atoms with E-state index in [9.17, 15) is 38.4 Å². The van der Waals surface area contributed by atoms with E-state index in [0.29, 0.717) is 0 Å². The Morgan fingerprint density at radius 2 is 0.591 bits per heavy atom. The summed E-state index contributed by atoms with van der Waals surface area (Å²) in [6.07, 6.45) is -3.28. The Labute approximate surface area is 253 Å². The molecule has 0 aromatic carbocycles. The van der Waals surface area contributed by atoms with Crippen LogP contribution in [0.4, 0.5) is 0 Å². The summed E-state index contributed by atoms with van der Waals surface area (Å²) in [5.41, 5.74) is 40.5. The molecule has 1 aliphatic rings. The van der Waals surface area contributed by atoms with E-state index in [2.05, 4.69) is 0 Å². The lowest BCUT2D eigenvalue weighted by molar-refractivity contribution is -0.155. The predicted octanol–water partition coefficient (Wildman–Crippen LogP) is -7.87. The second-order valence-corrected chi connectivity index (χ2v) is 10.9. The Hall–Kier alpha value is -4.40. The van der Waals surface area contributed by atoms with E-state index in [-0.39, 0.29) is 52.4 Å². The number of rotatable bonds is 16. The van der Waals surface area contributed by atoms with Crippen LogP contribution in [0.25, 0.3) is 0 Å². The molecule has 20 heteroatoms. The van der Waals surface area contributed by atoms with Gasteiger partial charge >= 0.3 is 0 Å². The predicted molar refractivity (Wildman–Crippen MR) is 154 cm³/mol. The molecule has 44 heavy (non-hydrogen) atoms. The fourth-order valence-corrected chi connectivity index (χ4v) is 6.02. The van der Waals surface area contributed by atoms with Crippen LogP contribution in [0.2, 0.25) is 0 Å². The molecule has 1 rings (SSSR count). The monoisotopic (exact) mass is 628 g/mol. The van der Waals surface area contributed by atoms with Crippen LogP contribution in [0.5, 0.6) is 0 Å². The Balaban J connectivity index is 4.33. The number of nitrogens with zero attached hydrogens (tertiary/aromatic N) is 4. The minimum atomic E-state index is -2.15. The molecule has 8 amide bonds. The van der Waals surface area contributed by atoms with Crippen molar-refractivity contribution in [2.45, 2.75) is 36.8 Å². The fourth-order valence-electron chi connectivity index (χ4n) is 6.02. The highest BCUT2D eigenvalue weighted by molar-refractivity contribution is 5.85. The molecule has 0 atom stereocenters. The molecule has 1 aliphatic heterocycles. The third kappa shape index (κ3) is 11.0. The number of hydrogen-bond donors (Lipinski definition) is 8. The smallest absolute Gasteiger partial charge is 0.231 e. The van der Waals surface area contributed by atoms with Crippen molar-refractivity contribution in [2.75, 3.05) is 65.4 Å². The summed E-state index contributed by atoms with van der Waals surface area (Å²) in [6, 6.07) is 0. The molecule has 1 fully saturated rings. The molecule has 0 spiro atoms. The lowest BCUT2D eigenvalue weighted by Crippen LogP contribution is -2.76. The molecule has 0 aliphatic carbocycles. The van der Waals surface area contributed by atoms with Crippen LogP contribution < -0.4 is 45.9 Å². The van der Waals surface area contributed by atoms with Crippen molar-refractivity contribution in [3.63, 3.8) is 0 Å². The summed E-state index contributed by atoms with van der Waals surface area (Å²) >= 11 is 0. The van der Waals surface area contributed by atoms with Crippen molar-refractivity contribution >= 4 is 47.3 Å². The zero-order valence-corrected chi connectivity index (χ0v) is 24.6. The number of nitrogens with two attached hydrogens (primary N) is 8. The molecule has 0 aromatic rings. The van der Waals surface area contributed by atoms with Crippen molar-refractivity contribution in [2.24, 2.45) is 45.9 Å². The largest absolute Gasteiger partial charge is 0.370 e. The summed E-state index contributed by atoms with van der Waals surface area (Å²) in [5.74, 6) is -7.60. The van der Waals surface area contributed by atoms with Gasteiger partial charge in [0.15, 0.2) is 0 Å². The van der Waals surface area contributed by atoms with Gasteiger partial charge < -0.3 is 45.9 Å². The SMILES string of the molecule is NC(=O)CN1CCN(CC(N)=O)CCN(CC(N)=O)C(CC(N)=O)(CC(N)=O)C(CC(N)=O)(CC(N)=O)N(CC(N)=O)CC1. The van der Waals surface area contributed by atoms with E-state index in [1.165, 1.54) is 9.80 Å². The van der Waals surface area contributed by atoms with Gasteiger partial charge in [0.25, 0.3) is 0 Å². The molecule has 248 valence electrons. The van der Waals surface area contributed by atoms with Gasteiger partial charge in [0.05, 0.1) is 37.3 Å². The van der Waals surface area contributed by atoms with Crippen LogP contribution in [-0.2, 0) is 38.4 Å². The lowest BCUT2D eigenvalue weighted by atomic mass is 9.65. The highest BCUT2D eigenvalue weighted by Gasteiger charge is 2.60. The normalized spacial score (nSPS) is 18.7. The minimum absolute atomic E-state index is 0.0705. The van der Waals surface area contributed by atoms with Crippen molar-refractivity contribution in [1.82, 2.24) is 19.6 Å². The molecule has 0 saturated carbocycles. The molecule has 1 saturated heterocycles. The van der Waals surface area contributed by atoms with Crippen LogP contribution in [0.1, 0.15) is 25.7 Å². The van der Waals surface area contributed by atoms with Gasteiger partial charge in [-0.1, -0.05) is 0 Å². The van der Waals surface area contributed by atoms with E-state index >= 15 is 0 Å². The Morgan fingerprint density at radius 3 is 0.795 bits per heavy atom. The Bertz CT molecular complexity index is 1010. The molecule has 0 bridgehead atoms. The van der Waals surface area contributed by atoms with E-state index < -0.39 is 97.1 Å². The first kappa shape index (κ1) is 37.6. The Morgan fingerprint density at radius 1 is 0.364 bits per heavy atom. The van der Waals surface area contributed by atoms with E-state index in [4.69, 9.17) is 45.9 Å². The molecule has 20 nitrogen and oxygen atoms in total. The Kier molecular flexibility index (Phi) is 14.1. The fraction of sp³-hybridized carbons (Fsp3) is 0.667.